The number of benzene rings is 2. The van der Waals surface area contributed by atoms with Gasteiger partial charge in [-0.3, -0.25) is 0 Å². The van der Waals surface area contributed by atoms with Gasteiger partial charge in [0.05, 0.1) is 5.56 Å². The second-order valence-electron chi connectivity index (χ2n) is 5.44. The summed E-state index contributed by atoms with van der Waals surface area (Å²) < 4.78 is 5.91. The third kappa shape index (κ3) is 3.63. The fraction of sp³-hybridized carbons (Fsp3) is 0.278. The zero-order valence-corrected chi connectivity index (χ0v) is 12.6. The minimum atomic E-state index is -0.899. The largest absolute Gasteiger partial charge is 0.489 e. The van der Waals surface area contributed by atoms with E-state index in [0.717, 1.165) is 22.4 Å². The number of ether oxygens (including phenoxy) is 1. The molecule has 21 heavy (non-hydrogen) atoms. The third-order valence-corrected chi connectivity index (χ3v) is 3.45. The minimum absolute atomic E-state index is 0.203. The number of carboxylic acids is 1. The molecule has 0 aliphatic heterocycles. The van der Waals surface area contributed by atoms with E-state index in [1.807, 2.05) is 50.2 Å². The maximum Gasteiger partial charge on any atom is 0.335 e. The van der Waals surface area contributed by atoms with Crippen molar-refractivity contribution < 1.29 is 14.6 Å². The molecule has 2 rings (SSSR count). The predicted molar refractivity (Wildman–Crippen MR) is 83.0 cm³/mol. The molecule has 0 amide bonds. The molecule has 2 aromatic rings. The quantitative estimate of drug-likeness (QED) is 0.885. The van der Waals surface area contributed by atoms with Crippen molar-refractivity contribution in [2.75, 3.05) is 0 Å². The van der Waals surface area contributed by atoms with Crippen LogP contribution in [0.2, 0.25) is 0 Å². The van der Waals surface area contributed by atoms with Gasteiger partial charge in [0.15, 0.2) is 0 Å². The summed E-state index contributed by atoms with van der Waals surface area (Å²) in [7, 11) is 0. The lowest BCUT2D eigenvalue weighted by atomic mass is 9.96. The van der Waals surface area contributed by atoms with Gasteiger partial charge in [-0.2, -0.15) is 0 Å². The van der Waals surface area contributed by atoms with Gasteiger partial charge < -0.3 is 9.84 Å². The van der Waals surface area contributed by atoms with Crippen molar-refractivity contribution in [3.63, 3.8) is 0 Å². The van der Waals surface area contributed by atoms with Gasteiger partial charge in [-0.05, 0) is 41.7 Å². The molecule has 0 atom stereocenters. The molecule has 0 heterocycles. The minimum Gasteiger partial charge on any atom is -0.489 e. The fourth-order valence-electron chi connectivity index (χ4n) is 2.24. The Morgan fingerprint density at radius 3 is 2.43 bits per heavy atom. The van der Waals surface area contributed by atoms with Gasteiger partial charge in [-0.1, -0.05) is 44.2 Å². The van der Waals surface area contributed by atoms with Gasteiger partial charge in [-0.25, -0.2) is 4.79 Å². The van der Waals surface area contributed by atoms with Crippen LogP contribution in [0.15, 0.2) is 42.5 Å². The first kappa shape index (κ1) is 15.1. The van der Waals surface area contributed by atoms with Crippen LogP contribution in [0.4, 0.5) is 0 Å². The summed E-state index contributed by atoms with van der Waals surface area (Å²) in [5, 5.41) is 9.23. The Morgan fingerprint density at radius 2 is 1.86 bits per heavy atom. The highest BCUT2D eigenvalue weighted by Gasteiger charge is 2.15. The molecule has 0 aliphatic carbocycles. The first-order chi connectivity index (χ1) is 9.99. The molecule has 3 nitrogen and oxygen atoms in total. The summed E-state index contributed by atoms with van der Waals surface area (Å²) in [5.74, 6) is 0.0647. The lowest BCUT2D eigenvalue weighted by Crippen LogP contribution is -2.05. The van der Waals surface area contributed by atoms with E-state index in [0.29, 0.717) is 12.2 Å². The van der Waals surface area contributed by atoms with Crippen molar-refractivity contribution in [3.05, 3.63) is 64.7 Å². The highest BCUT2D eigenvalue weighted by Crippen LogP contribution is 2.30. The molecular formula is C18H20O3. The van der Waals surface area contributed by atoms with E-state index in [1.165, 1.54) is 0 Å². The third-order valence-electron chi connectivity index (χ3n) is 3.45. The maximum absolute atomic E-state index is 11.2. The Hall–Kier alpha value is -2.29. The van der Waals surface area contributed by atoms with E-state index < -0.39 is 5.97 Å². The van der Waals surface area contributed by atoms with Crippen molar-refractivity contribution in [1.29, 1.82) is 0 Å². The van der Waals surface area contributed by atoms with Crippen LogP contribution < -0.4 is 4.74 Å². The van der Waals surface area contributed by atoms with Crippen LogP contribution in [-0.4, -0.2) is 11.1 Å². The summed E-state index contributed by atoms with van der Waals surface area (Å²) in [5.41, 5.74) is 3.07. The molecule has 110 valence electrons. The fourth-order valence-corrected chi connectivity index (χ4v) is 2.24. The van der Waals surface area contributed by atoms with Gasteiger partial charge in [0.2, 0.25) is 0 Å². The zero-order valence-electron chi connectivity index (χ0n) is 12.6. The van der Waals surface area contributed by atoms with Crippen LogP contribution >= 0.6 is 0 Å². The lowest BCUT2D eigenvalue weighted by molar-refractivity contribution is 0.0696. The van der Waals surface area contributed by atoms with Crippen LogP contribution in [0.1, 0.15) is 46.8 Å². The van der Waals surface area contributed by atoms with Crippen molar-refractivity contribution in [2.24, 2.45) is 0 Å². The maximum atomic E-state index is 11.2. The molecule has 0 aromatic heterocycles. The van der Waals surface area contributed by atoms with Crippen LogP contribution in [-0.2, 0) is 6.61 Å². The second kappa shape index (κ2) is 6.44. The molecular weight excluding hydrogens is 264 g/mol. The van der Waals surface area contributed by atoms with Gasteiger partial charge in [0.25, 0.3) is 0 Å². The number of hydrogen-bond acceptors (Lipinski definition) is 2. The molecule has 1 N–H and O–H groups in total. The van der Waals surface area contributed by atoms with E-state index in [2.05, 4.69) is 0 Å². The molecule has 0 aliphatic rings. The molecule has 2 aromatic carbocycles. The van der Waals surface area contributed by atoms with Gasteiger partial charge in [0.1, 0.15) is 12.4 Å². The standard InChI is InChI=1S/C18H20O3/c1-12(2)15-10-16(18(19)20)13(3)9-17(15)21-11-14-7-5-4-6-8-14/h4-10,12H,11H2,1-3H3,(H,19,20). The SMILES string of the molecule is Cc1cc(OCc2ccccc2)c(C(C)C)cc1C(=O)O. The summed E-state index contributed by atoms with van der Waals surface area (Å²) in [6, 6.07) is 13.5. The Morgan fingerprint density at radius 1 is 1.19 bits per heavy atom. The van der Waals surface area contributed by atoms with Gasteiger partial charge in [0, 0.05) is 0 Å². The van der Waals surface area contributed by atoms with Crippen LogP contribution in [0.3, 0.4) is 0 Å². The molecule has 0 fully saturated rings. The van der Waals surface area contributed by atoms with E-state index >= 15 is 0 Å². The molecule has 0 radical (unpaired) electrons. The Kier molecular flexibility index (Phi) is 4.63. The van der Waals surface area contributed by atoms with Gasteiger partial charge in [-0.15, -0.1) is 0 Å². The summed E-state index contributed by atoms with van der Waals surface area (Å²) in [6.07, 6.45) is 0. The summed E-state index contributed by atoms with van der Waals surface area (Å²) >= 11 is 0. The Bertz CT molecular complexity index is 630. The molecule has 0 spiro atoms. The van der Waals surface area contributed by atoms with Crippen molar-refractivity contribution in [2.45, 2.75) is 33.3 Å². The number of rotatable bonds is 5. The molecule has 0 bridgehead atoms. The van der Waals surface area contributed by atoms with Crippen LogP contribution in [0.5, 0.6) is 5.75 Å². The van der Waals surface area contributed by atoms with Crippen molar-refractivity contribution in [1.82, 2.24) is 0 Å². The molecule has 0 saturated carbocycles. The lowest BCUT2D eigenvalue weighted by Gasteiger charge is -2.16. The van der Waals surface area contributed by atoms with Gasteiger partial charge >= 0.3 is 5.97 Å². The predicted octanol–water partition coefficient (Wildman–Crippen LogP) is 4.40. The van der Waals surface area contributed by atoms with E-state index in [1.54, 1.807) is 13.0 Å². The second-order valence-corrected chi connectivity index (χ2v) is 5.44. The van der Waals surface area contributed by atoms with Crippen molar-refractivity contribution in [3.8, 4) is 5.75 Å². The summed E-state index contributed by atoms with van der Waals surface area (Å²) in [6.45, 7) is 6.34. The number of hydrogen-bond donors (Lipinski definition) is 1. The Labute approximate surface area is 125 Å². The van der Waals surface area contributed by atoms with E-state index in [-0.39, 0.29) is 5.92 Å². The first-order valence-electron chi connectivity index (χ1n) is 7.03. The van der Waals surface area contributed by atoms with Crippen LogP contribution in [0, 0.1) is 6.92 Å². The smallest absolute Gasteiger partial charge is 0.335 e. The Balaban J connectivity index is 2.30. The molecule has 0 unspecified atom stereocenters. The van der Waals surface area contributed by atoms with Crippen molar-refractivity contribution >= 4 is 5.97 Å². The molecule has 3 heteroatoms. The monoisotopic (exact) mass is 284 g/mol. The summed E-state index contributed by atoms with van der Waals surface area (Å²) in [4.78, 5) is 11.2. The highest BCUT2D eigenvalue weighted by atomic mass is 16.5. The van der Waals surface area contributed by atoms with E-state index in [4.69, 9.17) is 4.74 Å². The average molecular weight is 284 g/mol. The number of carbonyl (C=O) groups is 1. The number of carboxylic acid groups (broad SMARTS) is 1. The zero-order chi connectivity index (χ0) is 15.4. The molecule has 0 saturated heterocycles. The average Bonchev–Trinajstić information content (AvgIpc) is 2.45. The van der Waals surface area contributed by atoms with E-state index in [9.17, 15) is 9.90 Å². The highest BCUT2D eigenvalue weighted by molar-refractivity contribution is 5.90. The topological polar surface area (TPSA) is 46.5 Å². The normalized spacial score (nSPS) is 10.7. The number of aryl methyl sites for hydroxylation is 1. The van der Waals surface area contributed by atoms with Crippen LogP contribution in [0.25, 0.3) is 0 Å². The number of aromatic carboxylic acids is 1. The first-order valence-corrected chi connectivity index (χ1v) is 7.03.